The second-order valence-corrected chi connectivity index (χ2v) is 6.48. The number of hydrogen-bond donors (Lipinski definition) is 0. The van der Waals surface area contributed by atoms with Crippen LogP contribution in [0.3, 0.4) is 0 Å². The summed E-state index contributed by atoms with van der Waals surface area (Å²) in [6.45, 7) is 4.51. The van der Waals surface area contributed by atoms with E-state index in [-0.39, 0.29) is 30.4 Å². The molecule has 6 heteroatoms. The monoisotopic (exact) mass is 358 g/mol. The molecule has 1 aliphatic heterocycles. The van der Waals surface area contributed by atoms with Gasteiger partial charge in [-0.25, -0.2) is 13.2 Å². The first kappa shape index (κ1) is 19.8. The maximum atomic E-state index is 14.2. The summed E-state index contributed by atoms with van der Waals surface area (Å²) in [5.74, 6) is -1.45. The number of alkyl halides is 2. The molecule has 0 spiro atoms. The van der Waals surface area contributed by atoms with E-state index in [1.165, 1.54) is 12.1 Å². The van der Waals surface area contributed by atoms with Crippen LogP contribution >= 0.6 is 0 Å². The molecule has 3 nitrogen and oxygen atoms in total. The molecule has 25 heavy (non-hydrogen) atoms. The summed E-state index contributed by atoms with van der Waals surface area (Å²) < 4.78 is 51.3. The average molecular weight is 358 g/mol. The Morgan fingerprint density at radius 3 is 2.72 bits per heavy atom. The maximum absolute atomic E-state index is 14.2. The lowest BCUT2D eigenvalue weighted by molar-refractivity contribution is -0.00759. The normalized spacial score (nSPS) is 20.7. The number of benzene rings is 1. The highest BCUT2D eigenvalue weighted by molar-refractivity contribution is 5.97. The van der Waals surface area contributed by atoms with Crippen molar-refractivity contribution < 1.29 is 27.4 Å². The van der Waals surface area contributed by atoms with Gasteiger partial charge in [-0.15, -0.1) is 0 Å². The third-order valence-corrected chi connectivity index (χ3v) is 4.58. The van der Waals surface area contributed by atoms with Gasteiger partial charge in [-0.1, -0.05) is 0 Å². The van der Waals surface area contributed by atoms with Crippen LogP contribution in [0.4, 0.5) is 13.2 Å². The fraction of sp³-hybridized carbons (Fsp3) is 0.632. The van der Waals surface area contributed by atoms with E-state index < -0.39 is 23.6 Å². The summed E-state index contributed by atoms with van der Waals surface area (Å²) in [4.78, 5) is 12.3. The largest absolute Gasteiger partial charge is 0.491 e. The molecule has 0 aliphatic carbocycles. The van der Waals surface area contributed by atoms with Crippen molar-refractivity contribution in [3.63, 3.8) is 0 Å². The van der Waals surface area contributed by atoms with E-state index >= 15 is 0 Å². The van der Waals surface area contributed by atoms with Crippen molar-refractivity contribution in [2.24, 2.45) is 5.92 Å². The fourth-order valence-corrected chi connectivity index (χ4v) is 3.15. The number of halogens is 3. The molecule has 1 saturated heterocycles. The Bertz CT molecular complexity index is 582. The molecule has 140 valence electrons. The molecule has 0 aromatic heterocycles. The maximum Gasteiger partial charge on any atom is 0.267 e. The number of hydrogen-bond acceptors (Lipinski definition) is 3. The summed E-state index contributed by atoms with van der Waals surface area (Å²) in [5.41, 5.74) is -1.10. The van der Waals surface area contributed by atoms with Gasteiger partial charge in [-0.05, 0) is 57.6 Å². The molecule has 0 radical (unpaired) electrons. The Labute approximate surface area is 146 Å². The molecule has 1 aromatic rings. The minimum Gasteiger partial charge on any atom is -0.491 e. The molecule has 0 bridgehead atoms. The van der Waals surface area contributed by atoms with E-state index in [9.17, 15) is 18.0 Å². The van der Waals surface area contributed by atoms with Crippen LogP contribution in [0.25, 0.3) is 0 Å². The van der Waals surface area contributed by atoms with Crippen LogP contribution in [-0.2, 0) is 4.74 Å². The van der Waals surface area contributed by atoms with Crippen molar-refractivity contribution in [3.8, 4) is 5.75 Å². The van der Waals surface area contributed by atoms with Crippen LogP contribution < -0.4 is 4.74 Å². The topological polar surface area (TPSA) is 35.5 Å². The Morgan fingerprint density at radius 1 is 1.36 bits per heavy atom. The fourth-order valence-electron chi connectivity index (χ4n) is 3.15. The molecule has 0 amide bonds. The molecule has 0 saturated carbocycles. The highest BCUT2D eigenvalue weighted by Gasteiger charge is 2.26. The van der Waals surface area contributed by atoms with Crippen LogP contribution in [0.15, 0.2) is 12.1 Å². The molecular weight excluding hydrogens is 333 g/mol. The van der Waals surface area contributed by atoms with Crippen LogP contribution in [0, 0.1) is 11.7 Å². The van der Waals surface area contributed by atoms with Gasteiger partial charge in [0.05, 0.1) is 18.3 Å². The van der Waals surface area contributed by atoms with Gasteiger partial charge in [0.25, 0.3) is 6.43 Å². The van der Waals surface area contributed by atoms with E-state index in [0.717, 1.165) is 19.3 Å². The third kappa shape index (κ3) is 5.21. The molecule has 1 aliphatic rings. The smallest absolute Gasteiger partial charge is 0.267 e. The quantitative estimate of drug-likeness (QED) is 0.589. The summed E-state index contributed by atoms with van der Waals surface area (Å²) in [7, 11) is 0. The zero-order valence-electron chi connectivity index (χ0n) is 14.7. The van der Waals surface area contributed by atoms with Crippen molar-refractivity contribution in [2.75, 3.05) is 13.2 Å². The minimum atomic E-state index is -3.06. The number of carbonyl (C=O) groups is 1. The Morgan fingerprint density at radius 2 is 2.12 bits per heavy atom. The average Bonchev–Trinajstić information content (AvgIpc) is 2.58. The zero-order valence-corrected chi connectivity index (χ0v) is 14.7. The number of Topliss-reactive ketones (excluding diaryl/α,β-unsaturated/α-hetero) is 1. The van der Waals surface area contributed by atoms with Gasteiger partial charge in [0.2, 0.25) is 0 Å². The van der Waals surface area contributed by atoms with Crippen molar-refractivity contribution in [1.29, 1.82) is 0 Å². The minimum absolute atomic E-state index is 0.124. The van der Waals surface area contributed by atoms with Crippen molar-refractivity contribution in [2.45, 2.75) is 58.5 Å². The lowest BCUT2D eigenvalue weighted by Gasteiger charge is -2.26. The van der Waals surface area contributed by atoms with Gasteiger partial charge in [-0.3, -0.25) is 4.79 Å². The van der Waals surface area contributed by atoms with E-state index in [1.54, 1.807) is 6.92 Å². The highest BCUT2D eigenvalue weighted by atomic mass is 19.3. The van der Waals surface area contributed by atoms with Gasteiger partial charge in [-0.2, -0.15) is 0 Å². The van der Waals surface area contributed by atoms with Gasteiger partial charge in [0.1, 0.15) is 0 Å². The van der Waals surface area contributed by atoms with Crippen molar-refractivity contribution >= 4 is 5.78 Å². The number of ether oxygens (including phenoxy) is 2. The predicted molar refractivity (Wildman–Crippen MR) is 88.8 cm³/mol. The van der Waals surface area contributed by atoms with E-state index in [2.05, 4.69) is 0 Å². The standard InChI is InChI=1S/C19H25F3O3/c1-3-24-16-10-9-14(17(18(16)20)19(21)22)15(23)6-4-5-13-8-7-12(2)25-11-13/h9-10,12-13,19H,3-8,11H2,1-2H3. The molecule has 2 unspecified atom stereocenters. The van der Waals surface area contributed by atoms with Crippen LogP contribution in [0.2, 0.25) is 0 Å². The van der Waals surface area contributed by atoms with Gasteiger partial charge < -0.3 is 9.47 Å². The van der Waals surface area contributed by atoms with E-state index in [0.29, 0.717) is 18.9 Å². The summed E-state index contributed by atoms with van der Waals surface area (Å²) in [5, 5.41) is 0. The first-order chi connectivity index (χ1) is 11.9. The van der Waals surface area contributed by atoms with E-state index in [4.69, 9.17) is 9.47 Å². The second-order valence-electron chi connectivity index (χ2n) is 6.48. The van der Waals surface area contributed by atoms with Crippen LogP contribution in [-0.4, -0.2) is 25.1 Å². The van der Waals surface area contributed by atoms with Crippen molar-refractivity contribution in [3.05, 3.63) is 29.1 Å². The lowest BCUT2D eigenvalue weighted by atomic mass is 9.92. The lowest BCUT2D eigenvalue weighted by Crippen LogP contribution is -2.23. The first-order valence-corrected chi connectivity index (χ1v) is 8.82. The van der Waals surface area contributed by atoms with E-state index in [1.807, 2.05) is 6.92 Å². The zero-order chi connectivity index (χ0) is 18.4. The Hall–Kier alpha value is -1.56. The van der Waals surface area contributed by atoms with Crippen LogP contribution in [0.1, 0.15) is 68.3 Å². The van der Waals surface area contributed by atoms with Gasteiger partial charge in [0.15, 0.2) is 17.3 Å². The van der Waals surface area contributed by atoms with Crippen molar-refractivity contribution in [1.82, 2.24) is 0 Å². The van der Waals surface area contributed by atoms with Gasteiger partial charge in [0, 0.05) is 18.6 Å². The third-order valence-electron chi connectivity index (χ3n) is 4.58. The molecule has 2 atom stereocenters. The van der Waals surface area contributed by atoms with Crippen LogP contribution in [0.5, 0.6) is 5.75 Å². The predicted octanol–water partition coefficient (Wildman–Crippen LogP) is 5.33. The molecule has 0 N–H and O–H groups in total. The molecular formula is C19H25F3O3. The molecule has 1 fully saturated rings. The Balaban J connectivity index is 1.99. The second kappa shape index (κ2) is 9.22. The molecule has 1 aromatic carbocycles. The summed E-state index contributed by atoms with van der Waals surface area (Å²) in [6.07, 6.45) is 0.777. The van der Waals surface area contributed by atoms with Gasteiger partial charge >= 0.3 is 0 Å². The summed E-state index contributed by atoms with van der Waals surface area (Å²) in [6, 6.07) is 2.48. The number of rotatable bonds is 8. The SMILES string of the molecule is CCOc1ccc(C(=O)CCCC2CCC(C)OC2)c(C(F)F)c1F. The number of carbonyl (C=O) groups excluding carboxylic acids is 1. The first-order valence-electron chi connectivity index (χ1n) is 8.82. The highest BCUT2D eigenvalue weighted by Crippen LogP contribution is 2.33. The molecule has 2 rings (SSSR count). The Kier molecular flexibility index (Phi) is 7.29. The molecule has 1 heterocycles. The number of ketones is 1. The summed E-state index contributed by atoms with van der Waals surface area (Å²) >= 11 is 0.